The lowest BCUT2D eigenvalue weighted by molar-refractivity contribution is -0.104. The van der Waals surface area contributed by atoms with Crippen LogP contribution in [-0.2, 0) is 4.79 Å². The molecule has 1 rings (SSSR count). The third-order valence-corrected chi connectivity index (χ3v) is 3.70. The number of aldehydes is 1. The quantitative estimate of drug-likeness (QED) is 0.423. The van der Waals surface area contributed by atoms with Crippen molar-refractivity contribution in [3.63, 3.8) is 0 Å². The summed E-state index contributed by atoms with van der Waals surface area (Å²) in [7, 11) is -1.51. The van der Waals surface area contributed by atoms with Crippen LogP contribution >= 0.6 is 10.0 Å². The van der Waals surface area contributed by atoms with E-state index >= 15 is 0 Å². The zero-order valence-electron chi connectivity index (χ0n) is 5.57. The number of hydrogen-bond acceptors (Lipinski definition) is 2. The fourth-order valence-corrected chi connectivity index (χ4v) is 2.01. The van der Waals surface area contributed by atoms with Crippen molar-refractivity contribution in [2.24, 2.45) is 0 Å². The molecule has 0 aliphatic carbocycles. The Morgan fingerprint density at radius 3 is 2.90 bits per heavy atom. The van der Waals surface area contributed by atoms with Gasteiger partial charge in [0.2, 0.25) is 0 Å². The van der Waals surface area contributed by atoms with Crippen LogP contribution in [0.5, 0.6) is 0 Å². The van der Waals surface area contributed by atoms with Crippen LogP contribution < -0.4 is 0 Å². The molecule has 0 saturated heterocycles. The molecule has 0 aromatic rings. The number of nitrogens with zero attached hydrogens (tertiary/aromatic N) is 1. The minimum Gasteiger partial charge on any atom is -0.297 e. The molecule has 0 saturated carbocycles. The maximum Gasteiger partial charge on any atom is 0.156 e. The molecule has 52 valence electrons. The third-order valence-electron chi connectivity index (χ3n) is 1.41. The number of thiocyanates is 1. The molecule has 10 heavy (non-hydrogen) atoms. The van der Waals surface area contributed by atoms with Crippen molar-refractivity contribution in [3.8, 4) is 5.40 Å². The fraction of sp³-hybridized carbons (Fsp3) is 0.143. The average molecular weight is 153 g/mol. The molecule has 0 N–H and O–H groups in total. The number of carbonyl (C=O) groups is 1. The summed E-state index contributed by atoms with van der Waals surface area (Å²) in [6, 6.07) is 0. The second-order valence-corrected chi connectivity index (χ2v) is 4.98. The first-order valence-corrected chi connectivity index (χ1v) is 4.86. The van der Waals surface area contributed by atoms with Crippen LogP contribution in [0.3, 0.4) is 0 Å². The molecule has 0 bridgehead atoms. The molecule has 0 spiro atoms. The van der Waals surface area contributed by atoms with Gasteiger partial charge in [-0.25, -0.2) is 0 Å². The highest BCUT2D eigenvalue weighted by Crippen LogP contribution is 2.54. The van der Waals surface area contributed by atoms with Gasteiger partial charge in [-0.1, -0.05) is 6.08 Å². The minimum atomic E-state index is -1.51. The van der Waals surface area contributed by atoms with E-state index in [9.17, 15) is 4.79 Å². The Morgan fingerprint density at radius 2 is 2.50 bits per heavy atom. The Labute approximate surface area is 61.2 Å². The van der Waals surface area contributed by atoms with E-state index in [1.807, 2.05) is 0 Å². The monoisotopic (exact) mass is 153 g/mol. The Hall–Kier alpha value is -1.01. The summed E-state index contributed by atoms with van der Waals surface area (Å²) in [6.45, 7) is 0. The van der Waals surface area contributed by atoms with E-state index in [2.05, 4.69) is 5.40 Å². The van der Waals surface area contributed by atoms with Gasteiger partial charge in [-0.2, -0.15) is 5.26 Å². The summed E-state index contributed by atoms with van der Waals surface area (Å²) in [6.07, 6.45) is 6.03. The highest BCUT2D eigenvalue weighted by molar-refractivity contribution is 8.42. The van der Waals surface area contributed by atoms with Gasteiger partial charge in [-0.3, -0.25) is 4.79 Å². The largest absolute Gasteiger partial charge is 0.297 e. The molecule has 3 heteroatoms. The van der Waals surface area contributed by atoms with Crippen molar-refractivity contribution in [3.05, 3.63) is 22.5 Å². The van der Waals surface area contributed by atoms with E-state index in [4.69, 9.17) is 5.26 Å². The maximum atomic E-state index is 10.3. The molecule has 0 amide bonds. The number of carbonyl (C=O) groups excluding carboxylic acids is 1. The first kappa shape index (κ1) is 7.10. The van der Waals surface area contributed by atoms with E-state index < -0.39 is 10.0 Å². The predicted octanol–water partition coefficient (Wildman–Crippen LogP) is 1.51. The number of nitriles is 1. The number of hydrogen-bond donors (Lipinski definition) is 0. The van der Waals surface area contributed by atoms with Crippen molar-refractivity contribution in [1.82, 2.24) is 0 Å². The zero-order valence-corrected chi connectivity index (χ0v) is 6.39. The van der Waals surface area contributed by atoms with Crippen LogP contribution in [-0.4, -0.2) is 12.5 Å². The van der Waals surface area contributed by atoms with Gasteiger partial charge >= 0.3 is 0 Å². The first-order chi connectivity index (χ1) is 4.73. The fourth-order valence-electron chi connectivity index (χ4n) is 0.734. The molecule has 1 heterocycles. The van der Waals surface area contributed by atoms with Crippen molar-refractivity contribution in [1.29, 1.82) is 5.26 Å². The van der Waals surface area contributed by atoms with E-state index in [0.29, 0.717) is 4.91 Å². The molecular weight excluding hydrogens is 146 g/mol. The van der Waals surface area contributed by atoms with Crippen LogP contribution in [0, 0.1) is 10.7 Å². The van der Waals surface area contributed by atoms with Gasteiger partial charge in [0.25, 0.3) is 0 Å². The number of allylic oxidation sites excluding steroid dienone is 3. The van der Waals surface area contributed by atoms with Crippen molar-refractivity contribution in [2.45, 2.75) is 0 Å². The summed E-state index contributed by atoms with van der Waals surface area (Å²) < 4.78 is 0. The Balaban J connectivity index is 3.03. The van der Waals surface area contributed by atoms with Gasteiger partial charge in [0.15, 0.2) is 6.29 Å². The zero-order chi connectivity index (χ0) is 7.61. The molecule has 0 aromatic heterocycles. The second kappa shape index (κ2) is 2.31. The van der Waals surface area contributed by atoms with Crippen molar-refractivity contribution >= 4 is 16.3 Å². The summed E-state index contributed by atoms with van der Waals surface area (Å²) in [5.41, 5.74) is 0. The summed E-state index contributed by atoms with van der Waals surface area (Å²) in [5.74, 6) is 0. The molecule has 0 fully saturated rings. The number of rotatable bonds is 1. The van der Waals surface area contributed by atoms with Gasteiger partial charge in [-0.05, 0) is 17.7 Å². The highest BCUT2D eigenvalue weighted by atomic mass is 32.3. The van der Waals surface area contributed by atoms with Crippen LogP contribution in [0.15, 0.2) is 22.5 Å². The van der Waals surface area contributed by atoms with Gasteiger partial charge < -0.3 is 0 Å². The lowest BCUT2D eigenvalue weighted by Gasteiger charge is -2.17. The minimum absolute atomic E-state index is 0.620. The first-order valence-electron chi connectivity index (χ1n) is 2.76. The third kappa shape index (κ3) is 0.869. The Kier molecular flexibility index (Phi) is 1.64. The van der Waals surface area contributed by atoms with E-state index in [0.717, 1.165) is 6.29 Å². The van der Waals surface area contributed by atoms with Crippen LogP contribution in [0.4, 0.5) is 0 Å². The van der Waals surface area contributed by atoms with E-state index in [-0.39, 0.29) is 0 Å². The lowest BCUT2D eigenvalue weighted by atomic mass is 10.5. The van der Waals surface area contributed by atoms with Crippen molar-refractivity contribution in [2.75, 3.05) is 6.26 Å². The van der Waals surface area contributed by atoms with Crippen molar-refractivity contribution < 1.29 is 4.79 Å². The topological polar surface area (TPSA) is 40.9 Å². The Bertz CT molecular complexity index is 261. The SMILES string of the molecule is CS1(C#N)C=CC=C1C=O. The van der Waals surface area contributed by atoms with Crippen LogP contribution in [0.1, 0.15) is 0 Å². The molecule has 0 radical (unpaired) electrons. The average Bonchev–Trinajstić information content (AvgIpc) is 2.32. The van der Waals surface area contributed by atoms with Crippen LogP contribution in [0.25, 0.3) is 0 Å². The predicted molar refractivity (Wildman–Crippen MR) is 42.4 cm³/mol. The molecule has 1 aliphatic heterocycles. The Morgan fingerprint density at radius 1 is 1.80 bits per heavy atom. The summed E-state index contributed by atoms with van der Waals surface area (Å²) in [5, 5.41) is 12.6. The smallest absolute Gasteiger partial charge is 0.156 e. The highest BCUT2D eigenvalue weighted by Gasteiger charge is 2.21. The standard InChI is InChI=1S/C7H7NOS/c1-10(6-8)4-2-3-7(10)5-9/h2-5H,1H3. The van der Waals surface area contributed by atoms with Gasteiger partial charge in [-0.15, -0.1) is 10.0 Å². The summed E-state index contributed by atoms with van der Waals surface area (Å²) in [4.78, 5) is 11.0. The molecule has 0 aromatic carbocycles. The molecule has 1 aliphatic rings. The van der Waals surface area contributed by atoms with Gasteiger partial charge in [0.05, 0.1) is 0 Å². The van der Waals surface area contributed by atoms with Crippen LogP contribution in [0.2, 0.25) is 0 Å². The second-order valence-electron chi connectivity index (χ2n) is 2.09. The molecule has 1 atom stereocenters. The maximum absolute atomic E-state index is 10.3. The molecular formula is C7H7NOS. The van der Waals surface area contributed by atoms with E-state index in [1.54, 1.807) is 23.8 Å². The van der Waals surface area contributed by atoms with E-state index in [1.165, 1.54) is 0 Å². The normalized spacial score (nSPS) is 35.8. The molecule has 2 nitrogen and oxygen atoms in total. The lowest BCUT2D eigenvalue weighted by Crippen LogP contribution is -1.91. The van der Waals surface area contributed by atoms with Gasteiger partial charge in [0, 0.05) is 4.91 Å². The van der Waals surface area contributed by atoms with Gasteiger partial charge in [0.1, 0.15) is 5.40 Å². The molecule has 1 unspecified atom stereocenters. The summed E-state index contributed by atoms with van der Waals surface area (Å²) >= 11 is 0.